The molecule has 0 saturated carbocycles. The molecular formula is C16H24N2O3. The molecule has 0 spiro atoms. The fourth-order valence-electron chi connectivity index (χ4n) is 2.47. The SMILES string of the molecule is CCOc1cc(CNC2CCCCNC2=O)ccc1OC. The highest BCUT2D eigenvalue weighted by Gasteiger charge is 2.19. The van der Waals surface area contributed by atoms with Crippen molar-refractivity contribution in [3.8, 4) is 11.5 Å². The highest BCUT2D eigenvalue weighted by atomic mass is 16.5. The van der Waals surface area contributed by atoms with Crippen LogP contribution < -0.4 is 20.1 Å². The highest BCUT2D eigenvalue weighted by molar-refractivity contribution is 5.81. The van der Waals surface area contributed by atoms with Crippen LogP contribution in [0.25, 0.3) is 0 Å². The average molecular weight is 292 g/mol. The predicted molar refractivity (Wildman–Crippen MR) is 81.7 cm³/mol. The molecule has 1 amide bonds. The van der Waals surface area contributed by atoms with Gasteiger partial charge in [-0.3, -0.25) is 4.79 Å². The monoisotopic (exact) mass is 292 g/mol. The number of hydrogen-bond acceptors (Lipinski definition) is 4. The third kappa shape index (κ3) is 4.36. The van der Waals surface area contributed by atoms with Crippen molar-refractivity contribution in [2.45, 2.75) is 38.8 Å². The predicted octanol–water partition coefficient (Wildman–Crippen LogP) is 1.85. The lowest BCUT2D eigenvalue weighted by atomic mass is 10.1. The van der Waals surface area contributed by atoms with E-state index in [1.165, 1.54) is 0 Å². The van der Waals surface area contributed by atoms with Gasteiger partial charge in [0.05, 0.1) is 19.8 Å². The Balaban J connectivity index is 1.98. The van der Waals surface area contributed by atoms with Crippen LogP contribution in [-0.4, -0.2) is 32.2 Å². The standard InChI is InChI=1S/C16H24N2O3/c1-3-21-15-10-12(7-8-14(15)20-2)11-18-13-6-4-5-9-17-16(13)19/h7-8,10,13,18H,3-6,9,11H2,1-2H3,(H,17,19). The van der Waals surface area contributed by atoms with E-state index in [9.17, 15) is 4.79 Å². The Morgan fingerprint density at radius 3 is 2.95 bits per heavy atom. The fourth-order valence-corrected chi connectivity index (χ4v) is 2.47. The summed E-state index contributed by atoms with van der Waals surface area (Å²) in [7, 11) is 1.63. The number of amides is 1. The largest absolute Gasteiger partial charge is 0.493 e. The molecular weight excluding hydrogens is 268 g/mol. The van der Waals surface area contributed by atoms with E-state index in [0.29, 0.717) is 13.2 Å². The van der Waals surface area contributed by atoms with Gasteiger partial charge in [0.25, 0.3) is 0 Å². The van der Waals surface area contributed by atoms with Crippen molar-refractivity contribution in [3.63, 3.8) is 0 Å². The Morgan fingerprint density at radius 1 is 1.33 bits per heavy atom. The molecule has 1 aromatic rings. The Morgan fingerprint density at radius 2 is 2.19 bits per heavy atom. The van der Waals surface area contributed by atoms with Crippen LogP contribution in [0, 0.1) is 0 Å². The van der Waals surface area contributed by atoms with E-state index < -0.39 is 0 Å². The third-order valence-electron chi connectivity index (χ3n) is 3.62. The zero-order chi connectivity index (χ0) is 15.1. The molecule has 0 bridgehead atoms. The van der Waals surface area contributed by atoms with E-state index in [-0.39, 0.29) is 11.9 Å². The number of hydrogen-bond donors (Lipinski definition) is 2. The number of nitrogens with one attached hydrogen (secondary N) is 2. The van der Waals surface area contributed by atoms with Crippen LogP contribution in [0.2, 0.25) is 0 Å². The summed E-state index contributed by atoms with van der Waals surface area (Å²) in [5.74, 6) is 1.57. The second-order valence-corrected chi connectivity index (χ2v) is 5.14. The molecule has 0 radical (unpaired) electrons. The van der Waals surface area contributed by atoms with Gasteiger partial charge in [-0.2, -0.15) is 0 Å². The van der Waals surface area contributed by atoms with Crippen molar-refractivity contribution in [2.24, 2.45) is 0 Å². The van der Waals surface area contributed by atoms with Crippen LogP contribution in [-0.2, 0) is 11.3 Å². The minimum atomic E-state index is -0.106. The molecule has 1 aliphatic heterocycles. The number of carbonyl (C=O) groups is 1. The summed E-state index contributed by atoms with van der Waals surface area (Å²) in [4.78, 5) is 11.9. The van der Waals surface area contributed by atoms with Crippen molar-refractivity contribution < 1.29 is 14.3 Å². The van der Waals surface area contributed by atoms with Gasteiger partial charge < -0.3 is 20.1 Å². The summed E-state index contributed by atoms with van der Waals surface area (Å²) in [6, 6.07) is 5.74. The first-order chi connectivity index (χ1) is 10.2. The van der Waals surface area contributed by atoms with Gasteiger partial charge in [0.15, 0.2) is 11.5 Å². The van der Waals surface area contributed by atoms with Crippen LogP contribution in [0.5, 0.6) is 11.5 Å². The Kier molecular flexibility index (Phi) is 5.87. The van der Waals surface area contributed by atoms with Crippen LogP contribution >= 0.6 is 0 Å². The van der Waals surface area contributed by atoms with E-state index in [0.717, 1.165) is 42.9 Å². The average Bonchev–Trinajstić information content (AvgIpc) is 2.70. The second-order valence-electron chi connectivity index (χ2n) is 5.14. The molecule has 0 aromatic heterocycles. The molecule has 0 aliphatic carbocycles. The first-order valence-electron chi connectivity index (χ1n) is 7.55. The van der Waals surface area contributed by atoms with Crippen molar-refractivity contribution >= 4 is 5.91 Å². The van der Waals surface area contributed by atoms with Crippen molar-refractivity contribution in [1.29, 1.82) is 0 Å². The van der Waals surface area contributed by atoms with E-state index in [1.54, 1.807) is 7.11 Å². The van der Waals surface area contributed by atoms with Crippen molar-refractivity contribution in [3.05, 3.63) is 23.8 Å². The van der Waals surface area contributed by atoms with Gasteiger partial charge in [0.2, 0.25) is 5.91 Å². The van der Waals surface area contributed by atoms with Gasteiger partial charge in [-0.15, -0.1) is 0 Å². The Labute approximate surface area is 126 Å². The van der Waals surface area contributed by atoms with Crippen molar-refractivity contribution in [2.75, 3.05) is 20.3 Å². The quantitative estimate of drug-likeness (QED) is 0.840. The van der Waals surface area contributed by atoms with Crippen LogP contribution in [0.4, 0.5) is 0 Å². The topological polar surface area (TPSA) is 59.6 Å². The van der Waals surface area contributed by atoms with Crippen LogP contribution in [0.3, 0.4) is 0 Å². The lowest BCUT2D eigenvalue weighted by Gasteiger charge is -2.16. The number of carbonyl (C=O) groups excluding carboxylic acids is 1. The lowest BCUT2D eigenvalue weighted by molar-refractivity contribution is -0.122. The lowest BCUT2D eigenvalue weighted by Crippen LogP contribution is -2.42. The van der Waals surface area contributed by atoms with E-state index in [4.69, 9.17) is 9.47 Å². The summed E-state index contributed by atoms with van der Waals surface area (Å²) < 4.78 is 10.8. The Hall–Kier alpha value is -1.75. The minimum Gasteiger partial charge on any atom is -0.493 e. The molecule has 5 heteroatoms. The van der Waals surface area contributed by atoms with Gasteiger partial charge in [0, 0.05) is 13.1 Å². The maximum absolute atomic E-state index is 11.9. The smallest absolute Gasteiger partial charge is 0.237 e. The number of rotatable bonds is 6. The van der Waals surface area contributed by atoms with E-state index in [1.807, 2.05) is 25.1 Å². The molecule has 1 saturated heterocycles. The first-order valence-corrected chi connectivity index (χ1v) is 7.55. The van der Waals surface area contributed by atoms with Gasteiger partial charge in [0.1, 0.15) is 0 Å². The molecule has 2 rings (SSSR count). The van der Waals surface area contributed by atoms with Gasteiger partial charge in [-0.25, -0.2) is 0 Å². The molecule has 1 heterocycles. The zero-order valence-electron chi connectivity index (χ0n) is 12.8. The van der Waals surface area contributed by atoms with Crippen molar-refractivity contribution in [1.82, 2.24) is 10.6 Å². The summed E-state index contributed by atoms with van der Waals surface area (Å²) in [5, 5.41) is 6.26. The van der Waals surface area contributed by atoms with Crippen LogP contribution in [0.15, 0.2) is 18.2 Å². The summed E-state index contributed by atoms with van der Waals surface area (Å²) >= 11 is 0. The molecule has 1 atom stereocenters. The summed E-state index contributed by atoms with van der Waals surface area (Å²) in [6.07, 6.45) is 3.02. The third-order valence-corrected chi connectivity index (χ3v) is 3.62. The fraction of sp³-hybridized carbons (Fsp3) is 0.562. The molecule has 1 aromatic carbocycles. The van der Waals surface area contributed by atoms with Gasteiger partial charge >= 0.3 is 0 Å². The maximum Gasteiger partial charge on any atom is 0.237 e. The van der Waals surface area contributed by atoms with E-state index >= 15 is 0 Å². The first kappa shape index (κ1) is 15.6. The summed E-state index contributed by atoms with van der Waals surface area (Å²) in [6.45, 7) is 3.97. The molecule has 1 fully saturated rings. The highest BCUT2D eigenvalue weighted by Crippen LogP contribution is 2.28. The minimum absolute atomic E-state index is 0.103. The van der Waals surface area contributed by atoms with Crippen LogP contribution in [0.1, 0.15) is 31.7 Å². The van der Waals surface area contributed by atoms with Gasteiger partial charge in [-0.05, 0) is 43.9 Å². The normalized spacial score (nSPS) is 18.8. The Bertz CT molecular complexity index is 477. The molecule has 1 aliphatic rings. The molecule has 21 heavy (non-hydrogen) atoms. The number of ether oxygens (including phenoxy) is 2. The zero-order valence-corrected chi connectivity index (χ0v) is 12.8. The molecule has 5 nitrogen and oxygen atoms in total. The summed E-state index contributed by atoms with van der Waals surface area (Å²) in [5.41, 5.74) is 1.08. The van der Waals surface area contributed by atoms with E-state index in [2.05, 4.69) is 10.6 Å². The molecule has 116 valence electrons. The van der Waals surface area contributed by atoms with Gasteiger partial charge in [-0.1, -0.05) is 6.07 Å². The molecule has 1 unspecified atom stereocenters. The second kappa shape index (κ2) is 7.88. The number of methoxy groups -OCH3 is 1. The number of benzene rings is 1. The maximum atomic E-state index is 11.9. The molecule has 2 N–H and O–H groups in total.